The molecule has 21 heavy (non-hydrogen) atoms. The van der Waals surface area contributed by atoms with Crippen molar-refractivity contribution in [2.75, 3.05) is 26.3 Å². The molecule has 1 aliphatic rings. The molecule has 0 unspecified atom stereocenters. The summed E-state index contributed by atoms with van der Waals surface area (Å²) in [5, 5.41) is 21.2. The van der Waals surface area contributed by atoms with Gasteiger partial charge in [0.1, 0.15) is 17.1 Å². The van der Waals surface area contributed by atoms with Crippen molar-refractivity contribution in [2.24, 2.45) is 0 Å². The van der Waals surface area contributed by atoms with Crippen LogP contribution in [0.1, 0.15) is 29.9 Å². The molecular formula is C16H21NO4. The normalized spacial score (nSPS) is 18.2. The van der Waals surface area contributed by atoms with Crippen LogP contribution in [0.4, 0.5) is 0 Å². The van der Waals surface area contributed by atoms with Crippen LogP contribution in [0.15, 0.2) is 16.5 Å². The summed E-state index contributed by atoms with van der Waals surface area (Å²) in [6, 6.07) is 3.42. The summed E-state index contributed by atoms with van der Waals surface area (Å²) in [6.07, 6.45) is -0.628. The lowest BCUT2D eigenvalue weighted by molar-refractivity contribution is 0.0340. The van der Waals surface area contributed by atoms with E-state index >= 15 is 0 Å². The second-order valence-corrected chi connectivity index (χ2v) is 5.57. The van der Waals surface area contributed by atoms with Gasteiger partial charge in [-0.05, 0) is 26.0 Å². The number of furan rings is 1. The van der Waals surface area contributed by atoms with Gasteiger partial charge < -0.3 is 19.4 Å². The van der Waals surface area contributed by atoms with Gasteiger partial charge in [-0.15, -0.1) is 0 Å². The van der Waals surface area contributed by atoms with Crippen molar-refractivity contribution >= 4 is 11.0 Å². The number of phenols is 1. The van der Waals surface area contributed by atoms with E-state index in [1.54, 1.807) is 19.1 Å². The molecule has 3 rings (SSSR count). The zero-order chi connectivity index (χ0) is 15.0. The van der Waals surface area contributed by atoms with E-state index in [0.717, 1.165) is 29.6 Å². The fraction of sp³-hybridized carbons (Fsp3) is 0.500. The van der Waals surface area contributed by atoms with Crippen LogP contribution in [0, 0.1) is 6.92 Å². The Morgan fingerprint density at radius 2 is 2.00 bits per heavy atom. The van der Waals surface area contributed by atoms with Crippen molar-refractivity contribution in [2.45, 2.75) is 26.5 Å². The number of aryl methyl sites for hydroxylation is 1. The van der Waals surface area contributed by atoms with Crippen LogP contribution in [0.25, 0.3) is 11.0 Å². The first-order chi connectivity index (χ1) is 10.1. The molecule has 0 saturated carbocycles. The van der Waals surface area contributed by atoms with E-state index in [1.165, 1.54) is 0 Å². The van der Waals surface area contributed by atoms with E-state index in [9.17, 15) is 10.2 Å². The molecule has 114 valence electrons. The van der Waals surface area contributed by atoms with Crippen LogP contribution in [-0.4, -0.2) is 41.4 Å². The molecule has 5 nitrogen and oxygen atoms in total. The van der Waals surface area contributed by atoms with Gasteiger partial charge in [-0.3, -0.25) is 4.90 Å². The SMILES string of the molecule is Cc1oc2ccc(O)c(CN3CCOCC3)c2c1[C@H](C)O. The van der Waals surface area contributed by atoms with Crippen LogP contribution in [-0.2, 0) is 11.3 Å². The van der Waals surface area contributed by atoms with Crippen molar-refractivity contribution in [1.82, 2.24) is 4.90 Å². The van der Waals surface area contributed by atoms with Crippen LogP contribution in [0.2, 0.25) is 0 Å². The molecule has 1 saturated heterocycles. The first kappa shape index (κ1) is 14.4. The molecule has 2 N–H and O–H groups in total. The molecule has 0 radical (unpaired) electrons. The highest BCUT2D eigenvalue weighted by Gasteiger charge is 2.22. The molecule has 0 aliphatic carbocycles. The second kappa shape index (κ2) is 5.67. The summed E-state index contributed by atoms with van der Waals surface area (Å²) in [4.78, 5) is 2.24. The Labute approximate surface area is 123 Å². The zero-order valence-corrected chi connectivity index (χ0v) is 12.4. The highest BCUT2D eigenvalue weighted by Crippen LogP contribution is 2.37. The minimum absolute atomic E-state index is 0.247. The molecular weight excluding hydrogens is 270 g/mol. The number of hydrogen-bond donors (Lipinski definition) is 2. The Kier molecular flexibility index (Phi) is 3.89. The standard InChI is InChI=1S/C16H21NO4/c1-10(18)15-11(2)21-14-4-3-13(19)12(16(14)15)9-17-5-7-20-8-6-17/h3-4,10,18-19H,5-9H2,1-2H3/t10-/m0/s1. The highest BCUT2D eigenvalue weighted by molar-refractivity contribution is 5.88. The van der Waals surface area contributed by atoms with E-state index in [2.05, 4.69) is 4.90 Å². The summed E-state index contributed by atoms with van der Waals surface area (Å²) >= 11 is 0. The summed E-state index contributed by atoms with van der Waals surface area (Å²) in [5.74, 6) is 0.950. The maximum absolute atomic E-state index is 10.3. The second-order valence-electron chi connectivity index (χ2n) is 5.57. The molecule has 2 heterocycles. The fourth-order valence-corrected chi connectivity index (χ4v) is 3.04. The number of benzene rings is 1. The molecule has 5 heteroatoms. The van der Waals surface area contributed by atoms with Gasteiger partial charge in [-0.25, -0.2) is 0 Å². The molecule has 0 amide bonds. The first-order valence-corrected chi connectivity index (χ1v) is 7.30. The number of ether oxygens (including phenoxy) is 1. The third-order valence-corrected chi connectivity index (χ3v) is 4.06. The third-order valence-electron chi connectivity index (χ3n) is 4.06. The Hall–Kier alpha value is -1.56. The zero-order valence-electron chi connectivity index (χ0n) is 12.4. The number of phenolic OH excluding ortho intramolecular Hbond substituents is 1. The minimum atomic E-state index is -0.628. The average Bonchev–Trinajstić information content (AvgIpc) is 2.80. The van der Waals surface area contributed by atoms with Gasteiger partial charge >= 0.3 is 0 Å². The number of hydrogen-bond acceptors (Lipinski definition) is 5. The molecule has 2 aromatic rings. The highest BCUT2D eigenvalue weighted by atomic mass is 16.5. The van der Waals surface area contributed by atoms with E-state index in [-0.39, 0.29) is 5.75 Å². The summed E-state index contributed by atoms with van der Waals surface area (Å²) < 4.78 is 11.1. The van der Waals surface area contributed by atoms with E-state index < -0.39 is 6.10 Å². The predicted molar refractivity (Wildman–Crippen MR) is 79.3 cm³/mol. The summed E-state index contributed by atoms with van der Waals surface area (Å²) in [6.45, 7) is 7.31. The smallest absolute Gasteiger partial charge is 0.135 e. The van der Waals surface area contributed by atoms with Gasteiger partial charge in [0.15, 0.2) is 0 Å². The Balaban J connectivity index is 2.08. The van der Waals surface area contributed by atoms with Crippen molar-refractivity contribution in [3.05, 3.63) is 29.0 Å². The lowest BCUT2D eigenvalue weighted by atomic mass is 10.00. The quantitative estimate of drug-likeness (QED) is 0.908. The van der Waals surface area contributed by atoms with E-state index in [0.29, 0.717) is 31.1 Å². The maximum Gasteiger partial charge on any atom is 0.135 e. The number of rotatable bonds is 3. The van der Waals surface area contributed by atoms with Crippen molar-refractivity contribution in [3.8, 4) is 5.75 Å². The van der Waals surface area contributed by atoms with Crippen molar-refractivity contribution in [3.63, 3.8) is 0 Å². The summed E-state index contributed by atoms with van der Waals surface area (Å²) in [7, 11) is 0. The van der Waals surface area contributed by atoms with Gasteiger partial charge in [0, 0.05) is 36.1 Å². The summed E-state index contributed by atoms with van der Waals surface area (Å²) in [5.41, 5.74) is 2.30. The van der Waals surface area contributed by atoms with Crippen LogP contribution < -0.4 is 0 Å². The molecule has 1 atom stereocenters. The average molecular weight is 291 g/mol. The molecule has 0 spiro atoms. The number of fused-ring (bicyclic) bond motifs is 1. The van der Waals surface area contributed by atoms with Gasteiger partial charge in [-0.1, -0.05) is 0 Å². The lowest BCUT2D eigenvalue weighted by Crippen LogP contribution is -2.35. The van der Waals surface area contributed by atoms with Gasteiger partial charge in [0.2, 0.25) is 0 Å². The minimum Gasteiger partial charge on any atom is -0.508 e. The topological polar surface area (TPSA) is 66.1 Å². The Morgan fingerprint density at radius 3 is 2.67 bits per heavy atom. The van der Waals surface area contributed by atoms with E-state index in [4.69, 9.17) is 9.15 Å². The number of morpholine rings is 1. The Bertz CT molecular complexity index is 641. The number of aliphatic hydroxyl groups excluding tert-OH is 1. The number of aliphatic hydroxyl groups is 1. The molecule has 1 aromatic heterocycles. The number of aromatic hydroxyl groups is 1. The van der Waals surface area contributed by atoms with Gasteiger partial charge in [-0.2, -0.15) is 0 Å². The largest absolute Gasteiger partial charge is 0.508 e. The van der Waals surface area contributed by atoms with Crippen LogP contribution in [0.3, 0.4) is 0 Å². The van der Waals surface area contributed by atoms with Crippen LogP contribution >= 0.6 is 0 Å². The van der Waals surface area contributed by atoms with E-state index in [1.807, 2.05) is 6.92 Å². The van der Waals surface area contributed by atoms with Crippen LogP contribution in [0.5, 0.6) is 5.75 Å². The lowest BCUT2D eigenvalue weighted by Gasteiger charge is -2.27. The Morgan fingerprint density at radius 1 is 1.29 bits per heavy atom. The molecule has 1 fully saturated rings. The number of nitrogens with zero attached hydrogens (tertiary/aromatic N) is 1. The molecule has 0 bridgehead atoms. The predicted octanol–water partition coefficient (Wildman–Crippen LogP) is 2.33. The molecule has 1 aromatic carbocycles. The first-order valence-electron chi connectivity index (χ1n) is 7.30. The fourth-order valence-electron chi connectivity index (χ4n) is 3.04. The monoisotopic (exact) mass is 291 g/mol. The third kappa shape index (κ3) is 2.64. The molecule has 1 aliphatic heterocycles. The van der Waals surface area contributed by atoms with Gasteiger partial charge in [0.25, 0.3) is 0 Å². The van der Waals surface area contributed by atoms with Crippen molar-refractivity contribution in [1.29, 1.82) is 0 Å². The van der Waals surface area contributed by atoms with Gasteiger partial charge in [0.05, 0.1) is 19.3 Å². The maximum atomic E-state index is 10.3. The van der Waals surface area contributed by atoms with Crippen molar-refractivity contribution < 1.29 is 19.4 Å².